The normalized spacial score (nSPS) is 10.7. The van der Waals surface area contributed by atoms with Gasteiger partial charge in [-0.1, -0.05) is 54.2 Å². The van der Waals surface area contributed by atoms with Crippen LogP contribution < -0.4 is 5.32 Å². The Labute approximate surface area is 157 Å². The van der Waals surface area contributed by atoms with Gasteiger partial charge in [-0.3, -0.25) is 4.79 Å². The molecule has 1 heterocycles. The number of carbonyl (C=O) groups is 1. The number of aryl methyl sites for hydroxylation is 1. The van der Waals surface area contributed by atoms with E-state index in [4.69, 9.17) is 0 Å². The molecule has 3 rings (SSSR count). The number of carbonyl (C=O) groups excluding carboxylic acids is 1. The molecule has 0 unspecified atom stereocenters. The maximum Gasteiger partial charge on any atom is 0.230 e. The summed E-state index contributed by atoms with van der Waals surface area (Å²) in [5, 5.41) is 15.4. The minimum atomic E-state index is -0.0264. The van der Waals surface area contributed by atoms with Crippen LogP contribution in [0, 0.1) is 13.8 Å². The maximum absolute atomic E-state index is 12.1. The van der Waals surface area contributed by atoms with Crippen molar-refractivity contribution >= 4 is 17.7 Å². The molecule has 0 saturated heterocycles. The van der Waals surface area contributed by atoms with Gasteiger partial charge in [0.2, 0.25) is 11.1 Å². The number of tetrazole rings is 1. The second-order valence-corrected chi connectivity index (χ2v) is 6.91. The van der Waals surface area contributed by atoms with Crippen LogP contribution in [0.15, 0.2) is 53.7 Å². The fourth-order valence-corrected chi connectivity index (χ4v) is 3.27. The molecule has 0 aliphatic heterocycles. The minimum Gasteiger partial charge on any atom is -0.355 e. The summed E-state index contributed by atoms with van der Waals surface area (Å²) in [6.45, 7) is 4.71. The summed E-state index contributed by atoms with van der Waals surface area (Å²) in [6, 6.07) is 16.1. The van der Waals surface area contributed by atoms with E-state index in [1.807, 2.05) is 37.3 Å². The Morgan fingerprint density at radius 3 is 2.73 bits per heavy atom. The highest BCUT2D eigenvalue weighted by molar-refractivity contribution is 7.99. The summed E-state index contributed by atoms with van der Waals surface area (Å²) in [6.07, 6.45) is 0.817. The number of thioether (sulfide) groups is 1. The summed E-state index contributed by atoms with van der Waals surface area (Å²) < 4.78 is 1.68. The standard InChI is InChI=1S/C19H21N5OS/c1-14-7-6-10-17(15(14)2)24-19(21-22-23-24)26-13-18(25)20-12-11-16-8-4-3-5-9-16/h3-10H,11-13H2,1-2H3,(H,20,25). The first-order valence-electron chi connectivity index (χ1n) is 8.43. The fourth-order valence-electron chi connectivity index (χ4n) is 2.56. The van der Waals surface area contributed by atoms with Gasteiger partial charge in [-0.2, -0.15) is 4.68 Å². The van der Waals surface area contributed by atoms with Crippen molar-refractivity contribution in [3.8, 4) is 5.69 Å². The van der Waals surface area contributed by atoms with Gasteiger partial charge < -0.3 is 5.32 Å². The first-order valence-corrected chi connectivity index (χ1v) is 9.42. The molecule has 26 heavy (non-hydrogen) atoms. The lowest BCUT2D eigenvalue weighted by Gasteiger charge is -2.09. The molecule has 0 aliphatic rings. The van der Waals surface area contributed by atoms with Crippen molar-refractivity contribution < 1.29 is 4.79 Å². The highest BCUT2D eigenvalue weighted by Gasteiger charge is 2.13. The van der Waals surface area contributed by atoms with Crippen LogP contribution >= 0.6 is 11.8 Å². The van der Waals surface area contributed by atoms with E-state index in [0.717, 1.165) is 17.7 Å². The van der Waals surface area contributed by atoms with E-state index in [2.05, 4.69) is 46.0 Å². The zero-order valence-corrected chi connectivity index (χ0v) is 15.7. The Kier molecular flexibility index (Phi) is 6.01. The minimum absolute atomic E-state index is 0.0264. The van der Waals surface area contributed by atoms with E-state index in [-0.39, 0.29) is 11.7 Å². The number of rotatable bonds is 7. The van der Waals surface area contributed by atoms with Crippen molar-refractivity contribution in [1.29, 1.82) is 0 Å². The molecule has 1 amide bonds. The summed E-state index contributed by atoms with van der Waals surface area (Å²) in [7, 11) is 0. The van der Waals surface area contributed by atoms with Crippen LogP contribution in [0.5, 0.6) is 0 Å². The number of nitrogens with one attached hydrogen (secondary N) is 1. The van der Waals surface area contributed by atoms with Crippen molar-refractivity contribution in [3.63, 3.8) is 0 Å². The van der Waals surface area contributed by atoms with E-state index < -0.39 is 0 Å². The van der Waals surface area contributed by atoms with Crippen molar-refractivity contribution in [3.05, 3.63) is 65.2 Å². The van der Waals surface area contributed by atoms with Gasteiger partial charge in [0.25, 0.3) is 0 Å². The molecule has 0 saturated carbocycles. The smallest absolute Gasteiger partial charge is 0.230 e. The molecular weight excluding hydrogens is 346 g/mol. The topological polar surface area (TPSA) is 72.7 Å². The van der Waals surface area contributed by atoms with Crippen LogP contribution in [0.1, 0.15) is 16.7 Å². The third-order valence-corrected chi connectivity index (χ3v) is 5.08. The van der Waals surface area contributed by atoms with Crippen LogP contribution in [0.25, 0.3) is 5.69 Å². The first kappa shape index (κ1) is 18.1. The molecular formula is C19H21N5OS. The lowest BCUT2D eigenvalue weighted by molar-refractivity contribution is -0.118. The Balaban J connectivity index is 1.55. The van der Waals surface area contributed by atoms with Gasteiger partial charge in [0.15, 0.2) is 0 Å². The third kappa shape index (κ3) is 4.49. The van der Waals surface area contributed by atoms with Crippen LogP contribution in [-0.2, 0) is 11.2 Å². The van der Waals surface area contributed by atoms with Crippen LogP contribution in [0.2, 0.25) is 0 Å². The molecule has 1 N–H and O–H groups in total. The molecule has 0 aliphatic carbocycles. The van der Waals surface area contributed by atoms with Crippen molar-refractivity contribution in [2.75, 3.05) is 12.3 Å². The van der Waals surface area contributed by atoms with Crippen molar-refractivity contribution in [2.24, 2.45) is 0 Å². The Hall–Kier alpha value is -2.67. The number of amides is 1. The molecule has 0 spiro atoms. The van der Waals surface area contributed by atoms with Gasteiger partial charge in [0.05, 0.1) is 11.4 Å². The first-order chi connectivity index (χ1) is 12.6. The molecule has 0 atom stereocenters. The predicted molar refractivity (Wildman–Crippen MR) is 103 cm³/mol. The van der Waals surface area contributed by atoms with Gasteiger partial charge in [-0.25, -0.2) is 0 Å². The number of hydrogen-bond donors (Lipinski definition) is 1. The Morgan fingerprint density at radius 2 is 1.92 bits per heavy atom. The maximum atomic E-state index is 12.1. The number of aromatic nitrogens is 4. The summed E-state index contributed by atoms with van der Waals surface area (Å²) in [5.41, 5.74) is 4.43. The monoisotopic (exact) mass is 367 g/mol. The summed E-state index contributed by atoms with van der Waals surface area (Å²) >= 11 is 1.33. The molecule has 6 nitrogen and oxygen atoms in total. The third-order valence-electron chi connectivity index (χ3n) is 4.16. The second kappa shape index (κ2) is 8.62. The molecule has 0 radical (unpaired) electrons. The molecule has 1 aromatic heterocycles. The average molecular weight is 367 g/mol. The Morgan fingerprint density at radius 1 is 1.12 bits per heavy atom. The molecule has 2 aromatic carbocycles. The molecule has 134 valence electrons. The van der Waals surface area contributed by atoms with Crippen molar-refractivity contribution in [1.82, 2.24) is 25.5 Å². The summed E-state index contributed by atoms with van der Waals surface area (Å²) in [4.78, 5) is 12.1. The van der Waals surface area contributed by atoms with E-state index in [9.17, 15) is 4.79 Å². The van der Waals surface area contributed by atoms with Crippen LogP contribution in [-0.4, -0.2) is 38.4 Å². The highest BCUT2D eigenvalue weighted by atomic mass is 32.2. The lowest BCUT2D eigenvalue weighted by Crippen LogP contribution is -2.27. The van der Waals surface area contributed by atoms with Crippen LogP contribution in [0.3, 0.4) is 0 Å². The molecule has 0 bridgehead atoms. The summed E-state index contributed by atoms with van der Waals surface area (Å²) in [5.74, 6) is 0.251. The van der Waals surface area contributed by atoms with E-state index in [1.54, 1.807) is 4.68 Å². The van der Waals surface area contributed by atoms with Gasteiger partial charge >= 0.3 is 0 Å². The number of nitrogens with zero attached hydrogens (tertiary/aromatic N) is 4. The molecule has 7 heteroatoms. The zero-order chi connectivity index (χ0) is 18.4. The van der Waals surface area contributed by atoms with Crippen molar-refractivity contribution in [2.45, 2.75) is 25.4 Å². The van der Waals surface area contributed by atoms with E-state index in [1.165, 1.54) is 22.9 Å². The van der Waals surface area contributed by atoms with Gasteiger partial charge in [-0.05, 0) is 53.5 Å². The molecule has 3 aromatic rings. The predicted octanol–water partition coefficient (Wildman–Crippen LogP) is 2.73. The Bertz CT molecular complexity index is 879. The zero-order valence-electron chi connectivity index (χ0n) is 14.8. The number of hydrogen-bond acceptors (Lipinski definition) is 5. The largest absolute Gasteiger partial charge is 0.355 e. The lowest BCUT2D eigenvalue weighted by atomic mass is 10.1. The SMILES string of the molecule is Cc1cccc(-n2nnnc2SCC(=O)NCCc2ccccc2)c1C. The van der Waals surface area contributed by atoms with Gasteiger partial charge in [0.1, 0.15) is 0 Å². The van der Waals surface area contributed by atoms with E-state index >= 15 is 0 Å². The van der Waals surface area contributed by atoms with E-state index in [0.29, 0.717) is 11.7 Å². The van der Waals surface area contributed by atoms with Gasteiger partial charge in [0, 0.05) is 6.54 Å². The number of benzene rings is 2. The quantitative estimate of drug-likeness (QED) is 0.650. The van der Waals surface area contributed by atoms with Gasteiger partial charge in [-0.15, -0.1) is 5.10 Å². The average Bonchev–Trinajstić information content (AvgIpc) is 3.11. The van der Waals surface area contributed by atoms with Crippen LogP contribution in [0.4, 0.5) is 0 Å². The second-order valence-electron chi connectivity index (χ2n) is 5.97. The highest BCUT2D eigenvalue weighted by Crippen LogP contribution is 2.22. The fraction of sp³-hybridized carbons (Fsp3) is 0.263. The molecule has 0 fully saturated rings.